The molecular weight excluding hydrogens is 256 g/mol. The number of aryl methyl sites for hydroxylation is 1. The van der Waals surface area contributed by atoms with Crippen molar-refractivity contribution in [1.29, 1.82) is 0 Å². The molecule has 2 rings (SSSR count). The van der Waals surface area contributed by atoms with Crippen LogP contribution in [-0.4, -0.2) is 21.0 Å². The van der Waals surface area contributed by atoms with Gasteiger partial charge in [0.25, 0.3) is 0 Å². The molecule has 1 aliphatic carbocycles. The minimum absolute atomic E-state index is 0.0216. The first-order valence-electron chi connectivity index (χ1n) is 7.20. The van der Waals surface area contributed by atoms with Crippen LogP contribution in [0.2, 0.25) is 0 Å². The highest BCUT2D eigenvalue weighted by atomic mass is 32.2. The van der Waals surface area contributed by atoms with E-state index in [1.807, 2.05) is 24.3 Å². The van der Waals surface area contributed by atoms with Crippen LogP contribution in [0.25, 0.3) is 0 Å². The van der Waals surface area contributed by atoms with Crippen molar-refractivity contribution < 1.29 is 9.00 Å². The minimum atomic E-state index is -0.984. The molecule has 1 atom stereocenters. The number of Topliss-reactive ketones (excluding diaryl/α,β-unsaturated/α-hetero) is 1. The third kappa shape index (κ3) is 4.00. The molecule has 0 aliphatic heterocycles. The Labute approximate surface area is 118 Å². The van der Waals surface area contributed by atoms with Crippen LogP contribution in [0.1, 0.15) is 54.9 Å². The Morgan fingerprint density at radius 3 is 2.42 bits per heavy atom. The van der Waals surface area contributed by atoms with E-state index in [-0.39, 0.29) is 16.8 Å². The highest BCUT2D eigenvalue weighted by molar-refractivity contribution is 7.86. The van der Waals surface area contributed by atoms with Crippen LogP contribution in [0.5, 0.6) is 0 Å². The van der Waals surface area contributed by atoms with Gasteiger partial charge in [-0.3, -0.25) is 9.00 Å². The standard InChI is InChI=1S/C16H22O2S/c1-2-5-13-8-10-14(11-9-13)16(17)12-19(18)15-6-3-4-7-15/h8-11,15H,2-7,12H2,1H3. The fourth-order valence-electron chi connectivity index (χ4n) is 2.63. The second kappa shape index (κ2) is 6.99. The highest BCUT2D eigenvalue weighted by Gasteiger charge is 2.23. The summed E-state index contributed by atoms with van der Waals surface area (Å²) in [4.78, 5) is 12.1. The molecule has 0 spiro atoms. The monoisotopic (exact) mass is 278 g/mol. The van der Waals surface area contributed by atoms with E-state index in [0.717, 1.165) is 38.5 Å². The predicted molar refractivity (Wildman–Crippen MR) is 80.0 cm³/mol. The number of rotatable bonds is 6. The molecule has 104 valence electrons. The number of carbonyl (C=O) groups excluding carboxylic acids is 1. The van der Waals surface area contributed by atoms with Crippen molar-refractivity contribution in [2.75, 3.05) is 5.75 Å². The number of hydrogen-bond acceptors (Lipinski definition) is 2. The highest BCUT2D eigenvalue weighted by Crippen LogP contribution is 2.23. The summed E-state index contributed by atoms with van der Waals surface area (Å²) in [7, 11) is -0.984. The van der Waals surface area contributed by atoms with Gasteiger partial charge in [-0.25, -0.2) is 0 Å². The Hall–Kier alpha value is -0.960. The molecule has 0 heterocycles. The quantitative estimate of drug-likeness (QED) is 0.746. The fraction of sp³-hybridized carbons (Fsp3) is 0.562. The van der Waals surface area contributed by atoms with Crippen molar-refractivity contribution in [1.82, 2.24) is 0 Å². The molecule has 1 aromatic carbocycles. The van der Waals surface area contributed by atoms with Crippen molar-refractivity contribution in [3.05, 3.63) is 35.4 Å². The van der Waals surface area contributed by atoms with Crippen molar-refractivity contribution in [2.24, 2.45) is 0 Å². The molecule has 0 amide bonds. The van der Waals surface area contributed by atoms with E-state index in [4.69, 9.17) is 0 Å². The van der Waals surface area contributed by atoms with Crippen LogP contribution in [0, 0.1) is 0 Å². The van der Waals surface area contributed by atoms with Gasteiger partial charge in [0.2, 0.25) is 0 Å². The van der Waals surface area contributed by atoms with Gasteiger partial charge in [-0.1, -0.05) is 50.5 Å². The number of carbonyl (C=O) groups is 1. The maximum atomic E-state index is 12.1. The molecule has 1 saturated carbocycles. The summed E-state index contributed by atoms with van der Waals surface area (Å²) in [6.07, 6.45) is 6.53. The lowest BCUT2D eigenvalue weighted by Crippen LogP contribution is -2.19. The van der Waals surface area contributed by atoms with Crippen molar-refractivity contribution in [3.8, 4) is 0 Å². The van der Waals surface area contributed by atoms with E-state index in [2.05, 4.69) is 6.92 Å². The van der Waals surface area contributed by atoms with Crippen LogP contribution < -0.4 is 0 Å². The van der Waals surface area contributed by atoms with Crippen LogP contribution in [-0.2, 0) is 17.2 Å². The Morgan fingerprint density at radius 2 is 1.84 bits per heavy atom. The van der Waals surface area contributed by atoms with Crippen molar-refractivity contribution >= 4 is 16.6 Å². The summed E-state index contributed by atoms with van der Waals surface area (Å²) >= 11 is 0. The minimum Gasteiger partial charge on any atom is -0.293 e. The molecule has 1 aliphatic rings. The van der Waals surface area contributed by atoms with Gasteiger partial charge >= 0.3 is 0 Å². The average molecular weight is 278 g/mol. The molecule has 1 aromatic rings. The van der Waals surface area contributed by atoms with E-state index in [0.29, 0.717) is 5.56 Å². The zero-order valence-corrected chi connectivity index (χ0v) is 12.4. The summed E-state index contributed by atoms with van der Waals surface area (Å²) in [6.45, 7) is 2.14. The van der Waals surface area contributed by atoms with Crippen LogP contribution in [0.3, 0.4) is 0 Å². The smallest absolute Gasteiger partial charge is 0.175 e. The second-order valence-corrected chi connectivity index (χ2v) is 7.02. The van der Waals surface area contributed by atoms with Gasteiger partial charge in [-0.05, 0) is 24.8 Å². The van der Waals surface area contributed by atoms with Crippen LogP contribution in [0.4, 0.5) is 0 Å². The first kappa shape index (κ1) is 14.4. The largest absolute Gasteiger partial charge is 0.293 e. The summed E-state index contributed by atoms with van der Waals surface area (Å²) in [5, 5.41) is 0.253. The molecular formula is C16H22O2S. The van der Waals surface area contributed by atoms with Gasteiger partial charge in [-0.15, -0.1) is 0 Å². The summed E-state index contributed by atoms with van der Waals surface area (Å²) < 4.78 is 12.1. The Kier molecular flexibility index (Phi) is 5.32. The Bertz CT molecular complexity index is 444. The predicted octanol–water partition coefficient (Wildman–Crippen LogP) is 3.51. The third-order valence-electron chi connectivity index (χ3n) is 3.76. The summed E-state index contributed by atoms with van der Waals surface area (Å²) in [5.74, 6) is 0.214. The second-order valence-electron chi connectivity index (χ2n) is 5.30. The molecule has 2 nitrogen and oxygen atoms in total. The normalized spacial score (nSPS) is 17.5. The zero-order valence-electron chi connectivity index (χ0n) is 11.6. The molecule has 1 unspecified atom stereocenters. The maximum absolute atomic E-state index is 12.1. The van der Waals surface area contributed by atoms with Crippen molar-refractivity contribution in [2.45, 2.75) is 50.7 Å². The molecule has 3 heteroatoms. The molecule has 0 bridgehead atoms. The lowest BCUT2D eigenvalue weighted by Gasteiger charge is -2.08. The van der Waals surface area contributed by atoms with E-state index in [9.17, 15) is 9.00 Å². The molecule has 1 fully saturated rings. The Morgan fingerprint density at radius 1 is 1.21 bits per heavy atom. The molecule has 0 aromatic heterocycles. The molecule has 0 N–H and O–H groups in total. The molecule has 0 radical (unpaired) electrons. The zero-order chi connectivity index (χ0) is 13.7. The van der Waals surface area contributed by atoms with Gasteiger partial charge in [0.05, 0.1) is 5.75 Å². The van der Waals surface area contributed by atoms with Gasteiger partial charge in [0, 0.05) is 21.6 Å². The van der Waals surface area contributed by atoms with Crippen molar-refractivity contribution in [3.63, 3.8) is 0 Å². The first-order chi connectivity index (χ1) is 9.20. The van der Waals surface area contributed by atoms with Gasteiger partial charge in [0.15, 0.2) is 5.78 Å². The lowest BCUT2D eigenvalue weighted by atomic mass is 10.1. The summed E-state index contributed by atoms with van der Waals surface area (Å²) in [5.41, 5.74) is 1.96. The summed E-state index contributed by atoms with van der Waals surface area (Å²) in [6, 6.07) is 7.77. The van der Waals surface area contributed by atoms with Crippen LogP contribution in [0.15, 0.2) is 24.3 Å². The first-order valence-corrected chi connectivity index (χ1v) is 8.58. The Balaban J connectivity index is 1.93. The third-order valence-corrected chi connectivity index (χ3v) is 5.52. The molecule has 19 heavy (non-hydrogen) atoms. The fourth-order valence-corrected chi connectivity index (χ4v) is 4.15. The number of benzene rings is 1. The van der Waals surface area contributed by atoms with E-state index in [1.165, 1.54) is 5.56 Å². The average Bonchev–Trinajstić information content (AvgIpc) is 2.94. The lowest BCUT2D eigenvalue weighted by molar-refractivity contribution is 0.102. The SMILES string of the molecule is CCCc1ccc(C(=O)CS(=O)C2CCCC2)cc1. The van der Waals surface area contributed by atoms with E-state index in [1.54, 1.807) is 0 Å². The van der Waals surface area contributed by atoms with Gasteiger partial charge in [-0.2, -0.15) is 0 Å². The number of ketones is 1. The van der Waals surface area contributed by atoms with Gasteiger partial charge in [0.1, 0.15) is 0 Å². The van der Waals surface area contributed by atoms with Crippen LogP contribution >= 0.6 is 0 Å². The van der Waals surface area contributed by atoms with E-state index >= 15 is 0 Å². The molecule has 0 saturated heterocycles. The topological polar surface area (TPSA) is 34.1 Å². The van der Waals surface area contributed by atoms with Gasteiger partial charge < -0.3 is 0 Å². The van der Waals surface area contributed by atoms with E-state index < -0.39 is 10.8 Å². The maximum Gasteiger partial charge on any atom is 0.175 e. The number of hydrogen-bond donors (Lipinski definition) is 0.